The number of carbonyl (C=O) groups excluding carboxylic acids is 1. The molecule has 1 amide bonds. The number of carbonyl (C=O) groups is 1. The average Bonchev–Trinajstić information content (AvgIpc) is 3.20. The second-order valence-electron chi connectivity index (χ2n) is 8.35. The van der Waals surface area contributed by atoms with E-state index < -0.39 is 0 Å². The quantitative estimate of drug-likeness (QED) is 0.844. The van der Waals surface area contributed by atoms with Crippen molar-refractivity contribution in [1.82, 2.24) is 4.90 Å². The number of hydrogen-bond acceptors (Lipinski definition) is 2. The molecular weight excluding hydrogens is 260 g/mol. The molecular formula is C18H34N2O. The second kappa shape index (κ2) is 6.28. The molecule has 2 N–H and O–H groups in total. The molecule has 0 heterocycles. The lowest BCUT2D eigenvalue weighted by Gasteiger charge is -2.47. The molecule has 2 saturated carbocycles. The van der Waals surface area contributed by atoms with Crippen LogP contribution in [0.5, 0.6) is 0 Å². The first-order valence-electron chi connectivity index (χ1n) is 8.81. The SMILES string of the molecule is CC(C)CCN(C(=O)C1CCC(N)C(C)C1(C)C)C1CC1. The van der Waals surface area contributed by atoms with E-state index >= 15 is 0 Å². The molecule has 0 saturated heterocycles. The number of nitrogens with two attached hydrogens (primary N) is 1. The zero-order valence-corrected chi connectivity index (χ0v) is 14.6. The van der Waals surface area contributed by atoms with Gasteiger partial charge in [-0.05, 0) is 49.4 Å². The topological polar surface area (TPSA) is 46.3 Å². The van der Waals surface area contributed by atoms with Crippen LogP contribution in [0.3, 0.4) is 0 Å². The van der Waals surface area contributed by atoms with Gasteiger partial charge >= 0.3 is 0 Å². The molecule has 3 unspecified atom stereocenters. The lowest BCUT2D eigenvalue weighted by molar-refractivity contribution is -0.144. The summed E-state index contributed by atoms with van der Waals surface area (Å²) in [7, 11) is 0. The van der Waals surface area contributed by atoms with Gasteiger partial charge in [0.15, 0.2) is 0 Å². The first-order valence-corrected chi connectivity index (χ1v) is 8.81. The molecule has 21 heavy (non-hydrogen) atoms. The van der Waals surface area contributed by atoms with Crippen molar-refractivity contribution in [3.8, 4) is 0 Å². The van der Waals surface area contributed by atoms with Crippen LogP contribution < -0.4 is 5.73 Å². The molecule has 0 aromatic heterocycles. The van der Waals surface area contributed by atoms with Crippen LogP contribution in [-0.4, -0.2) is 29.4 Å². The average molecular weight is 294 g/mol. The van der Waals surface area contributed by atoms with E-state index in [1.54, 1.807) is 0 Å². The van der Waals surface area contributed by atoms with E-state index in [9.17, 15) is 4.79 Å². The van der Waals surface area contributed by atoms with Gasteiger partial charge in [-0.25, -0.2) is 0 Å². The summed E-state index contributed by atoms with van der Waals surface area (Å²) in [6, 6.07) is 0.770. The summed E-state index contributed by atoms with van der Waals surface area (Å²) in [6.45, 7) is 12.1. The Morgan fingerprint density at radius 2 is 1.86 bits per heavy atom. The van der Waals surface area contributed by atoms with Crippen molar-refractivity contribution in [1.29, 1.82) is 0 Å². The molecule has 2 rings (SSSR count). The van der Waals surface area contributed by atoms with Gasteiger partial charge in [0.2, 0.25) is 5.91 Å². The standard InChI is InChI=1S/C18H34N2O/c1-12(2)10-11-20(14-6-7-14)17(21)15-8-9-16(19)13(3)18(15,4)5/h12-16H,6-11,19H2,1-5H3. The van der Waals surface area contributed by atoms with Crippen LogP contribution in [0.2, 0.25) is 0 Å². The number of amides is 1. The molecule has 2 fully saturated rings. The number of rotatable bonds is 5. The van der Waals surface area contributed by atoms with E-state index in [1.165, 1.54) is 12.8 Å². The molecule has 0 bridgehead atoms. The molecule has 3 nitrogen and oxygen atoms in total. The number of hydrogen-bond donors (Lipinski definition) is 1. The highest BCUT2D eigenvalue weighted by atomic mass is 16.2. The minimum Gasteiger partial charge on any atom is -0.339 e. The largest absolute Gasteiger partial charge is 0.339 e. The molecule has 0 aromatic rings. The maximum Gasteiger partial charge on any atom is 0.226 e. The van der Waals surface area contributed by atoms with Crippen LogP contribution >= 0.6 is 0 Å². The summed E-state index contributed by atoms with van der Waals surface area (Å²) < 4.78 is 0. The summed E-state index contributed by atoms with van der Waals surface area (Å²) in [5, 5.41) is 0. The maximum atomic E-state index is 13.1. The molecule has 122 valence electrons. The Bertz CT molecular complexity index is 373. The summed E-state index contributed by atoms with van der Waals surface area (Å²) in [5.41, 5.74) is 6.25. The van der Waals surface area contributed by atoms with Crippen molar-refractivity contribution in [3.63, 3.8) is 0 Å². The number of nitrogens with zero attached hydrogens (tertiary/aromatic N) is 1. The predicted octanol–water partition coefficient (Wildman–Crippen LogP) is 3.42. The zero-order chi connectivity index (χ0) is 15.8. The lowest BCUT2D eigenvalue weighted by atomic mass is 9.60. The normalized spacial score (nSPS) is 32.2. The molecule has 3 heteroatoms. The first kappa shape index (κ1) is 16.8. The van der Waals surface area contributed by atoms with Crippen LogP contribution in [0.15, 0.2) is 0 Å². The minimum atomic E-state index is 0.0136. The maximum absolute atomic E-state index is 13.1. The van der Waals surface area contributed by atoms with Crippen molar-refractivity contribution < 1.29 is 4.79 Å². The summed E-state index contributed by atoms with van der Waals surface area (Å²) in [6.07, 6.45) is 5.47. The Kier molecular flexibility index (Phi) is 5.02. The highest BCUT2D eigenvalue weighted by Crippen LogP contribution is 2.46. The summed E-state index contributed by atoms with van der Waals surface area (Å²) in [5.74, 6) is 1.62. The molecule has 0 aliphatic heterocycles. The van der Waals surface area contributed by atoms with E-state index in [2.05, 4.69) is 39.5 Å². The molecule has 2 aliphatic rings. The molecule has 2 aliphatic carbocycles. The van der Waals surface area contributed by atoms with Gasteiger partial charge < -0.3 is 10.6 Å². The Hall–Kier alpha value is -0.570. The van der Waals surface area contributed by atoms with Gasteiger partial charge in [-0.1, -0.05) is 34.6 Å². The Morgan fingerprint density at radius 1 is 1.24 bits per heavy atom. The van der Waals surface area contributed by atoms with Crippen molar-refractivity contribution >= 4 is 5.91 Å². The van der Waals surface area contributed by atoms with Crippen molar-refractivity contribution in [2.75, 3.05) is 6.54 Å². The van der Waals surface area contributed by atoms with E-state index in [4.69, 9.17) is 5.73 Å². The van der Waals surface area contributed by atoms with Crippen molar-refractivity contribution in [2.24, 2.45) is 28.9 Å². The monoisotopic (exact) mass is 294 g/mol. The summed E-state index contributed by atoms with van der Waals surface area (Å²) in [4.78, 5) is 15.3. The fraction of sp³-hybridized carbons (Fsp3) is 0.944. The van der Waals surface area contributed by atoms with E-state index in [-0.39, 0.29) is 17.4 Å². The third-order valence-corrected chi connectivity index (χ3v) is 6.02. The first-order chi connectivity index (χ1) is 9.75. The fourth-order valence-corrected chi connectivity index (χ4v) is 3.75. The molecule has 0 aromatic carbocycles. The fourth-order valence-electron chi connectivity index (χ4n) is 3.75. The molecule has 0 radical (unpaired) electrons. The van der Waals surface area contributed by atoms with Gasteiger partial charge in [-0.3, -0.25) is 4.79 Å². The van der Waals surface area contributed by atoms with Gasteiger partial charge in [-0.15, -0.1) is 0 Å². The van der Waals surface area contributed by atoms with Crippen LogP contribution in [0.1, 0.15) is 66.7 Å². The Labute approximate surface area is 130 Å². The smallest absolute Gasteiger partial charge is 0.226 e. The van der Waals surface area contributed by atoms with Crippen LogP contribution in [0.4, 0.5) is 0 Å². The Balaban J connectivity index is 2.09. The minimum absolute atomic E-state index is 0.0136. The van der Waals surface area contributed by atoms with Gasteiger partial charge in [0.25, 0.3) is 0 Å². The van der Waals surface area contributed by atoms with Gasteiger partial charge in [-0.2, -0.15) is 0 Å². The zero-order valence-electron chi connectivity index (χ0n) is 14.6. The van der Waals surface area contributed by atoms with Gasteiger partial charge in [0, 0.05) is 24.5 Å². The van der Waals surface area contributed by atoms with E-state index in [1.807, 2.05) is 0 Å². The van der Waals surface area contributed by atoms with Crippen LogP contribution in [-0.2, 0) is 4.79 Å². The van der Waals surface area contributed by atoms with E-state index in [0.717, 1.165) is 25.8 Å². The summed E-state index contributed by atoms with van der Waals surface area (Å²) >= 11 is 0. The van der Waals surface area contributed by atoms with Crippen LogP contribution in [0, 0.1) is 23.2 Å². The van der Waals surface area contributed by atoms with E-state index in [0.29, 0.717) is 23.8 Å². The van der Waals surface area contributed by atoms with Crippen molar-refractivity contribution in [2.45, 2.75) is 78.8 Å². The van der Waals surface area contributed by atoms with Crippen LogP contribution in [0.25, 0.3) is 0 Å². The highest BCUT2D eigenvalue weighted by Gasteiger charge is 2.47. The highest BCUT2D eigenvalue weighted by molar-refractivity contribution is 5.80. The molecule has 0 spiro atoms. The molecule has 3 atom stereocenters. The third kappa shape index (κ3) is 3.61. The second-order valence-corrected chi connectivity index (χ2v) is 8.35. The van der Waals surface area contributed by atoms with Gasteiger partial charge in [0.1, 0.15) is 0 Å². The third-order valence-electron chi connectivity index (χ3n) is 6.02. The Morgan fingerprint density at radius 3 is 2.38 bits per heavy atom. The lowest BCUT2D eigenvalue weighted by Crippen LogP contribution is -2.53. The van der Waals surface area contributed by atoms with Gasteiger partial charge in [0.05, 0.1) is 0 Å². The predicted molar refractivity (Wildman–Crippen MR) is 87.8 cm³/mol. The van der Waals surface area contributed by atoms with Crippen molar-refractivity contribution in [3.05, 3.63) is 0 Å².